The maximum Gasteiger partial charge on any atom is 0.446 e. The number of anilines is 1. The number of amides is 1. The average Bonchev–Trinajstić information content (AvgIpc) is 3.18. The van der Waals surface area contributed by atoms with Crippen molar-refractivity contribution in [1.29, 1.82) is 0 Å². The van der Waals surface area contributed by atoms with Crippen LogP contribution in [0.15, 0.2) is 35.2 Å². The Bertz CT molecular complexity index is 708. The van der Waals surface area contributed by atoms with E-state index in [1.54, 1.807) is 6.07 Å². The fraction of sp³-hybridized carbons (Fsp3) is 0.333. The first-order chi connectivity index (χ1) is 11.4. The van der Waals surface area contributed by atoms with E-state index in [-0.39, 0.29) is 28.4 Å². The summed E-state index contributed by atoms with van der Waals surface area (Å²) >= 11 is -0.195. The van der Waals surface area contributed by atoms with Crippen molar-refractivity contribution in [3.63, 3.8) is 0 Å². The number of thioether (sulfide) groups is 1. The SMILES string of the molecule is O=C(Nc1ccc(SC(F)(F)F)cc1)c1cc(C2CCCN2)[nH]n1. The lowest BCUT2D eigenvalue weighted by atomic mass is 10.1. The lowest BCUT2D eigenvalue weighted by Gasteiger charge is -2.07. The molecule has 1 aromatic heterocycles. The molecule has 1 fully saturated rings. The van der Waals surface area contributed by atoms with Crippen LogP contribution < -0.4 is 10.6 Å². The summed E-state index contributed by atoms with van der Waals surface area (Å²) in [6, 6.07) is 7.35. The molecule has 1 aliphatic rings. The Balaban J connectivity index is 1.62. The molecule has 128 valence electrons. The smallest absolute Gasteiger partial charge is 0.321 e. The number of hydrogen-bond acceptors (Lipinski definition) is 4. The van der Waals surface area contributed by atoms with E-state index in [0.717, 1.165) is 25.1 Å². The summed E-state index contributed by atoms with van der Waals surface area (Å²) in [7, 11) is 0. The fourth-order valence-corrected chi connectivity index (χ4v) is 3.06. The predicted molar refractivity (Wildman–Crippen MR) is 84.9 cm³/mol. The van der Waals surface area contributed by atoms with Crippen molar-refractivity contribution in [2.75, 3.05) is 11.9 Å². The quantitative estimate of drug-likeness (QED) is 0.731. The van der Waals surface area contributed by atoms with Crippen LogP contribution in [0.25, 0.3) is 0 Å². The Hall–Kier alpha value is -2.00. The summed E-state index contributed by atoms with van der Waals surface area (Å²) in [6.07, 6.45) is 2.06. The normalized spacial score (nSPS) is 17.9. The van der Waals surface area contributed by atoms with Crippen molar-refractivity contribution in [2.24, 2.45) is 0 Å². The molecule has 0 aliphatic carbocycles. The highest BCUT2D eigenvalue weighted by Crippen LogP contribution is 2.37. The van der Waals surface area contributed by atoms with Crippen LogP contribution in [0.4, 0.5) is 18.9 Å². The minimum atomic E-state index is -4.33. The van der Waals surface area contributed by atoms with Gasteiger partial charge in [0.15, 0.2) is 5.69 Å². The molecule has 2 aromatic rings. The molecule has 9 heteroatoms. The van der Waals surface area contributed by atoms with Crippen LogP contribution in [0.5, 0.6) is 0 Å². The van der Waals surface area contributed by atoms with Gasteiger partial charge in [-0.3, -0.25) is 9.89 Å². The minimum Gasteiger partial charge on any atom is -0.321 e. The molecule has 0 bridgehead atoms. The van der Waals surface area contributed by atoms with Crippen molar-refractivity contribution >= 4 is 23.4 Å². The highest BCUT2D eigenvalue weighted by molar-refractivity contribution is 8.00. The second-order valence-electron chi connectivity index (χ2n) is 5.38. The van der Waals surface area contributed by atoms with Crippen LogP contribution in [-0.4, -0.2) is 28.2 Å². The van der Waals surface area contributed by atoms with Gasteiger partial charge in [-0.25, -0.2) is 0 Å². The number of H-pyrrole nitrogens is 1. The third kappa shape index (κ3) is 4.30. The van der Waals surface area contributed by atoms with Gasteiger partial charge < -0.3 is 10.6 Å². The Morgan fingerprint density at radius 2 is 2.04 bits per heavy atom. The zero-order chi connectivity index (χ0) is 17.2. The second-order valence-corrected chi connectivity index (χ2v) is 6.52. The van der Waals surface area contributed by atoms with E-state index in [1.165, 1.54) is 24.3 Å². The van der Waals surface area contributed by atoms with Gasteiger partial charge in [0.25, 0.3) is 5.91 Å². The van der Waals surface area contributed by atoms with Crippen molar-refractivity contribution < 1.29 is 18.0 Å². The van der Waals surface area contributed by atoms with Crippen LogP contribution in [0.1, 0.15) is 35.1 Å². The Morgan fingerprint density at radius 1 is 1.29 bits per heavy atom. The Morgan fingerprint density at radius 3 is 2.67 bits per heavy atom. The maximum absolute atomic E-state index is 12.3. The predicted octanol–water partition coefficient (Wildman–Crippen LogP) is 3.70. The highest BCUT2D eigenvalue weighted by Gasteiger charge is 2.29. The van der Waals surface area contributed by atoms with Crippen LogP contribution in [0.2, 0.25) is 0 Å². The molecule has 1 atom stereocenters. The van der Waals surface area contributed by atoms with Crippen LogP contribution in [0.3, 0.4) is 0 Å². The van der Waals surface area contributed by atoms with Gasteiger partial charge in [0.1, 0.15) is 0 Å². The van der Waals surface area contributed by atoms with Crippen molar-refractivity contribution in [2.45, 2.75) is 29.3 Å². The summed E-state index contributed by atoms with van der Waals surface area (Å²) in [5.74, 6) is -0.410. The zero-order valence-corrected chi connectivity index (χ0v) is 13.3. The van der Waals surface area contributed by atoms with E-state index in [4.69, 9.17) is 0 Å². The number of carbonyl (C=O) groups excluding carboxylic acids is 1. The summed E-state index contributed by atoms with van der Waals surface area (Å²) in [4.78, 5) is 12.2. The van der Waals surface area contributed by atoms with E-state index in [0.29, 0.717) is 5.69 Å². The topological polar surface area (TPSA) is 69.8 Å². The van der Waals surface area contributed by atoms with Gasteiger partial charge in [0, 0.05) is 16.6 Å². The van der Waals surface area contributed by atoms with Gasteiger partial charge in [-0.2, -0.15) is 18.3 Å². The lowest BCUT2D eigenvalue weighted by Crippen LogP contribution is -2.13. The van der Waals surface area contributed by atoms with Crippen LogP contribution in [-0.2, 0) is 0 Å². The van der Waals surface area contributed by atoms with Crippen molar-refractivity contribution in [1.82, 2.24) is 15.5 Å². The summed E-state index contributed by atoms with van der Waals surface area (Å²) in [5, 5.41) is 12.8. The second kappa shape index (κ2) is 6.86. The molecular formula is C15H15F3N4OS. The van der Waals surface area contributed by atoms with E-state index in [1.807, 2.05) is 0 Å². The molecule has 1 aromatic carbocycles. The first-order valence-corrected chi connectivity index (χ1v) is 8.18. The van der Waals surface area contributed by atoms with Gasteiger partial charge in [-0.15, -0.1) is 0 Å². The number of halogens is 3. The number of carbonyl (C=O) groups is 1. The largest absolute Gasteiger partial charge is 0.446 e. The number of nitrogens with zero attached hydrogens (tertiary/aromatic N) is 1. The number of aromatic nitrogens is 2. The van der Waals surface area contributed by atoms with E-state index >= 15 is 0 Å². The van der Waals surface area contributed by atoms with E-state index < -0.39 is 11.4 Å². The molecule has 0 spiro atoms. The number of nitrogens with one attached hydrogen (secondary N) is 3. The summed E-state index contributed by atoms with van der Waals surface area (Å²) in [5.41, 5.74) is -2.82. The average molecular weight is 356 g/mol. The molecular weight excluding hydrogens is 341 g/mol. The lowest BCUT2D eigenvalue weighted by molar-refractivity contribution is -0.0328. The number of alkyl halides is 3. The van der Waals surface area contributed by atoms with Crippen molar-refractivity contribution in [3.05, 3.63) is 41.7 Å². The molecule has 1 amide bonds. The molecule has 0 saturated carbocycles. The molecule has 0 radical (unpaired) electrons. The van der Waals surface area contributed by atoms with Gasteiger partial charge in [0.2, 0.25) is 0 Å². The van der Waals surface area contributed by atoms with Crippen LogP contribution >= 0.6 is 11.8 Å². The molecule has 1 unspecified atom stereocenters. The molecule has 5 nitrogen and oxygen atoms in total. The first-order valence-electron chi connectivity index (χ1n) is 7.36. The minimum absolute atomic E-state index is 0.0647. The molecule has 3 rings (SSSR count). The van der Waals surface area contributed by atoms with Crippen LogP contribution in [0, 0.1) is 0 Å². The van der Waals surface area contributed by atoms with Gasteiger partial charge >= 0.3 is 5.51 Å². The number of rotatable bonds is 4. The number of hydrogen-bond donors (Lipinski definition) is 3. The number of benzene rings is 1. The monoisotopic (exact) mass is 356 g/mol. The summed E-state index contributed by atoms with van der Waals surface area (Å²) in [6.45, 7) is 0.938. The molecule has 3 N–H and O–H groups in total. The standard InChI is InChI=1S/C15H15F3N4OS/c16-15(17,18)24-10-5-3-9(4-6-10)20-14(23)13-8-12(21-22-13)11-2-1-7-19-11/h3-6,8,11,19H,1-2,7H2,(H,20,23)(H,21,22). The maximum atomic E-state index is 12.3. The van der Waals surface area contributed by atoms with Crippen molar-refractivity contribution in [3.8, 4) is 0 Å². The Kier molecular flexibility index (Phi) is 4.81. The molecule has 2 heterocycles. The fourth-order valence-electron chi connectivity index (χ4n) is 2.52. The number of aromatic amines is 1. The first kappa shape index (κ1) is 16.8. The highest BCUT2D eigenvalue weighted by atomic mass is 32.2. The third-order valence-corrected chi connectivity index (χ3v) is 4.35. The summed E-state index contributed by atoms with van der Waals surface area (Å²) < 4.78 is 36.8. The molecule has 1 saturated heterocycles. The van der Waals surface area contributed by atoms with Gasteiger partial charge in [-0.05, 0) is 61.5 Å². The van der Waals surface area contributed by atoms with E-state index in [9.17, 15) is 18.0 Å². The van der Waals surface area contributed by atoms with E-state index in [2.05, 4.69) is 20.8 Å². The zero-order valence-electron chi connectivity index (χ0n) is 12.5. The molecule has 24 heavy (non-hydrogen) atoms. The molecule has 1 aliphatic heterocycles. The Labute approximate surface area is 140 Å². The van der Waals surface area contributed by atoms with Gasteiger partial charge in [-0.1, -0.05) is 0 Å². The van der Waals surface area contributed by atoms with Gasteiger partial charge in [0.05, 0.1) is 5.69 Å². The third-order valence-electron chi connectivity index (χ3n) is 3.61.